The molecule has 0 fully saturated rings. The number of hydrogen-bond donors (Lipinski definition) is 1. The van der Waals surface area contributed by atoms with Gasteiger partial charge in [-0.3, -0.25) is 14.2 Å². The third-order valence-electron chi connectivity index (χ3n) is 5.38. The summed E-state index contributed by atoms with van der Waals surface area (Å²) >= 11 is 0. The van der Waals surface area contributed by atoms with Crippen LogP contribution in [0.4, 0.5) is 36.4 Å². The van der Waals surface area contributed by atoms with E-state index in [0.29, 0.717) is 17.8 Å². The standard InChI is InChI=1S/C23H16F7N5O2/c1-12-32-20-18(11-31-35(20)17-4-2-15(24)3-5-17)21(37)34(12)7-6-19(36)33-16-9-13(22(25,26)27)8-14(10-16)23(28,29)30/h2-5,8-11H,6-7H2,1H3,(H,33,36). The molecule has 0 spiro atoms. The minimum atomic E-state index is -5.06. The van der Waals surface area contributed by atoms with Gasteiger partial charge in [0.05, 0.1) is 23.0 Å². The summed E-state index contributed by atoms with van der Waals surface area (Å²) in [5.41, 5.74) is -3.78. The Balaban J connectivity index is 1.56. The molecule has 2 heterocycles. The smallest absolute Gasteiger partial charge is 0.326 e. The van der Waals surface area contributed by atoms with Gasteiger partial charge in [0.15, 0.2) is 5.65 Å². The lowest BCUT2D eigenvalue weighted by Crippen LogP contribution is -2.26. The van der Waals surface area contributed by atoms with Crippen LogP contribution in [-0.2, 0) is 23.7 Å². The number of carbonyl (C=O) groups is 1. The molecule has 194 valence electrons. The van der Waals surface area contributed by atoms with Gasteiger partial charge in [-0.2, -0.15) is 31.4 Å². The number of amides is 1. The van der Waals surface area contributed by atoms with Crippen molar-refractivity contribution in [3.63, 3.8) is 0 Å². The fraction of sp³-hybridized carbons (Fsp3) is 0.217. The number of aryl methyl sites for hydroxylation is 1. The Bertz CT molecular complexity index is 1500. The normalized spacial score (nSPS) is 12.2. The third-order valence-corrected chi connectivity index (χ3v) is 5.38. The Kier molecular flexibility index (Phi) is 6.52. The molecule has 0 radical (unpaired) electrons. The first-order valence-corrected chi connectivity index (χ1v) is 10.5. The van der Waals surface area contributed by atoms with Crippen molar-refractivity contribution in [2.24, 2.45) is 0 Å². The molecular weight excluding hydrogens is 511 g/mol. The second kappa shape index (κ2) is 9.33. The molecule has 2 aromatic heterocycles. The first-order chi connectivity index (χ1) is 17.2. The number of alkyl halides is 6. The molecule has 7 nitrogen and oxygen atoms in total. The average molecular weight is 527 g/mol. The van der Waals surface area contributed by atoms with E-state index in [-0.39, 0.29) is 29.5 Å². The van der Waals surface area contributed by atoms with Crippen molar-refractivity contribution < 1.29 is 35.5 Å². The molecule has 4 aromatic rings. The molecule has 0 atom stereocenters. The van der Waals surface area contributed by atoms with E-state index >= 15 is 0 Å². The molecule has 2 aromatic carbocycles. The summed E-state index contributed by atoms with van der Waals surface area (Å²) in [4.78, 5) is 29.6. The second-order valence-electron chi connectivity index (χ2n) is 7.98. The summed E-state index contributed by atoms with van der Waals surface area (Å²) in [6, 6.07) is 6.02. The molecule has 0 unspecified atom stereocenters. The average Bonchev–Trinajstić information content (AvgIpc) is 3.22. The molecule has 4 rings (SSSR count). The lowest BCUT2D eigenvalue weighted by molar-refractivity contribution is -0.143. The molecule has 1 amide bonds. The SMILES string of the molecule is Cc1nc2c(cnn2-c2ccc(F)cc2)c(=O)n1CCC(=O)Nc1cc(C(F)(F)F)cc(C(F)(F)F)c1. The van der Waals surface area contributed by atoms with Crippen LogP contribution in [0.2, 0.25) is 0 Å². The van der Waals surface area contributed by atoms with E-state index in [0.717, 1.165) is 4.57 Å². The molecule has 0 saturated carbocycles. The Morgan fingerprint density at radius 2 is 1.57 bits per heavy atom. The minimum absolute atomic E-state index is 0.0500. The molecule has 0 saturated heterocycles. The number of rotatable bonds is 5. The van der Waals surface area contributed by atoms with Gasteiger partial charge in [0.1, 0.15) is 17.0 Å². The van der Waals surface area contributed by atoms with Gasteiger partial charge in [0.2, 0.25) is 5.91 Å². The number of halogens is 7. The maximum absolute atomic E-state index is 13.2. The van der Waals surface area contributed by atoms with E-state index in [2.05, 4.69) is 10.1 Å². The highest BCUT2D eigenvalue weighted by molar-refractivity contribution is 5.91. The fourth-order valence-electron chi connectivity index (χ4n) is 3.60. The number of nitrogens with zero attached hydrogens (tertiary/aromatic N) is 4. The highest BCUT2D eigenvalue weighted by Gasteiger charge is 2.37. The lowest BCUT2D eigenvalue weighted by atomic mass is 10.1. The number of hydrogen-bond acceptors (Lipinski definition) is 4. The minimum Gasteiger partial charge on any atom is -0.326 e. The van der Waals surface area contributed by atoms with Crippen LogP contribution in [0.1, 0.15) is 23.4 Å². The van der Waals surface area contributed by atoms with Crippen molar-refractivity contribution in [2.45, 2.75) is 32.2 Å². The Morgan fingerprint density at radius 1 is 0.973 bits per heavy atom. The molecule has 0 bridgehead atoms. The van der Waals surface area contributed by atoms with Crippen molar-refractivity contribution in [3.8, 4) is 5.69 Å². The summed E-state index contributed by atoms with van der Waals surface area (Å²) < 4.78 is 93.9. The van der Waals surface area contributed by atoms with Crippen molar-refractivity contribution in [2.75, 3.05) is 5.32 Å². The number of aromatic nitrogens is 4. The van der Waals surface area contributed by atoms with Gasteiger partial charge < -0.3 is 5.32 Å². The summed E-state index contributed by atoms with van der Waals surface area (Å²) in [5, 5.41) is 6.21. The highest BCUT2D eigenvalue weighted by atomic mass is 19.4. The number of carbonyl (C=O) groups excluding carboxylic acids is 1. The van der Waals surface area contributed by atoms with E-state index in [1.165, 1.54) is 42.1 Å². The van der Waals surface area contributed by atoms with Crippen LogP contribution in [0.15, 0.2) is 53.5 Å². The van der Waals surface area contributed by atoms with Crippen LogP contribution >= 0.6 is 0 Å². The quantitative estimate of drug-likeness (QED) is 0.367. The molecule has 0 aliphatic heterocycles. The second-order valence-corrected chi connectivity index (χ2v) is 7.98. The maximum atomic E-state index is 13.2. The van der Waals surface area contributed by atoms with Crippen molar-refractivity contribution in [1.82, 2.24) is 19.3 Å². The van der Waals surface area contributed by atoms with Crippen LogP contribution < -0.4 is 10.9 Å². The fourth-order valence-corrected chi connectivity index (χ4v) is 3.60. The predicted molar refractivity (Wildman–Crippen MR) is 118 cm³/mol. The first kappa shape index (κ1) is 25.9. The number of anilines is 1. The Morgan fingerprint density at radius 3 is 2.14 bits per heavy atom. The predicted octanol–water partition coefficient (Wildman–Crippen LogP) is 5.10. The van der Waals surface area contributed by atoms with Gasteiger partial charge in [-0.25, -0.2) is 14.1 Å². The molecule has 37 heavy (non-hydrogen) atoms. The van der Waals surface area contributed by atoms with Crippen molar-refractivity contribution in [1.29, 1.82) is 0 Å². The summed E-state index contributed by atoms with van der Waals surface area (Å²) in [6.45, 7) is 1.22. The number of fused-ring (bicyclic) bond motifs is 1. The van der Waals surface area contributed by atoms with Gasteiger partial charge in [-0.05, 0) is 49.4 Å². The Hall–Kier alpha value is -4.23. The van der Waals surface area contributed by atoms with Crippen LogP contribution in [0.3, 0.4) is 0 Å². The Labute approximate surface area is 203 Å². The van der Waals surface area contributed by atoms with Crippen molar-refractivity contribution >= 4 is 22.6 Å². The van der Waals surface area contributed by atoms with Crippen molar-refractivity contribution in [3.05, 3.63) is 81.8 Å². The van der Waals surface area contributed by atoms with Gasteiger partial charge >= 0.3 is 12.4 Å². The summed E-state index contributed by atoms with van der Waals surface area (Å²) in [6.07, 6.45) is -9.34. The maximum Gasteiger partial charge on any atom is 0.416 e. The van der Waals surface area contributed by atoms with Gasteiger partial charge in [0.25, 0.3) is 5.56 Å². The third kappa shape index (κ3) is 5.47. The van der Waals surface area contributed by atoms with Crippen LogP contribution in [-0.4, -0.2) is 25.2 Å². The highest BCUT2D eigenvalue weighted by Crippen LogP contribution is 2.37. The zero-order chi connectivity index (χ0) is 27.1. The van der Waals surface area contributed by atoms with E-state index in [4.69, 9.17) is 0 Å². The topological polar surface area (TPSA) is 81.8 Å². The van der Waals surface area contributed by atoms with Gasteiger partial charge in [0, 0.05) is 18.7 Å². The molecule has 0 aliphatic carbocycles. The van der Waals surface area contributed by atoms with Crippen LogP contribution in [0, 0.1) is 12.7 Å². The number of benzene rings is 2. The molecule has 14 heteroatoms. The van der Waals surface area contributed by atoms with Crippen LogP contribution in [0.25, 0.3) is 16.7 Å². The number of nitrogens with one attached hydrogen (secondary N) is 1. The first-order valence-electron chi connectivity index (χ1n) is 10.5. The zero-order valence-corrected chi connectivity index (χ0v) is 18.8. The van der Waals surface area contributed by atoms with E-state index in [9.17, 15) is 40.3 Å². The van der Waals surface area contributed by atoms with Gasteiger partial charge in [-0.1, -0.05) is 0 Å². The van der Waals surface area contributed by atoms with Gasteiger partial charge in [-0.15, -0.1) is 0 Å². The molecular formula is C23H16F7N5O2. The monoisotopic (exact) mass is 527 g/mol. The largest absolute Gasteiger partial charge is 0.416 e. The van der Waals surface area contributed by atoms with E-state index in [1.807, 2.05) is 5.32 Å². The summed E-state index contributed by atoms with van der Waals surface area (Å²) in [5.74, 6) is -1.21. The summed E-state index contributed by atoms with van der Waals surface area (Å²) in [7, 11) is 0. The van der Waals surface area contributed by atoms with Crippen LogP contribution in [0.5, 0.6) is 0 Å². The zero-order valence-electron chi connectivity index (χ0n) is 18.8. The molecule has 0 aliphatic rings. The van der Waals surface area contributed by atoms with E-state index in [1.54, 1.807) is 0 Å². The lowest BCUT2D eigenvalue weighted by Gasteiger charge is -2.15. The van der Waals surface area contributed by atoms with E-state index < -0.39 is 52.9 Å². The molecule has 1 N–H and O–H groups in total.